The molecule has 0 spiro atoms. The van der Waals surface area contributed by atoms with E-state index in [1.165, 1.54) is 5.56 Å². The molecule has 222 valence electrons. The normalized spacial score (nSPS) is 11.5. The molecule has 5 rings (SSSR count). The van der Waals surface area contributed by atoms with Gasteiger partial charge in [0.2, 0.25) is 0 Å². The van der Waals surface area contributed by atoms with E-state index in [1.807, 2.05) is 58.5 Å². The molecule has 0 fully saturated rings. The van der Waals surface area contributed by atoms with E-state index < -0.39 is 0 Å². The molecule has 7 heteroatoms. The van der Waals surface area contributed by atoms with Crippen LogP contribution in [0.4, 0.5) is 11.4 Å². The van der Waals surface area contributed by atoms with Crippen LogP contribution in [0.2, 0.25) is 0 Å². The van der Waals surface area contributed by atoms with Crippen molar-refractivity contribution in [2.75, 3.05) is 45.4 Å². The maximum absolute atomic E-state index is 5.02. The molecule has 1 heterocycles. The van der Waals surface area contributed by atoms with Crippen LogP contribution in [-0.2, 0) is 6.42 Å². The van der Waals surface area contributed by atoms with Crippen LogP contribution in [0.25, 0.3) is 45.3 Å². The molecule has 0 unspecified atom stereocenters. The monoisotopic (exact) mass is 581 g/mol. The Labute approximate surface area is 260 Å². The number of likely N-dealkylation sites (N-methyl/N-ethyl adjacent to an activating group) is 2. The van der Waals surface area contributed by atoms with E-state index in [0.717, 1.165) is 57.9 Å². The summed E-state index contributed by atoms with van der Waals surface area (Å²) >= 11 is 0. The van der Waals surface area contributed by atoms with Gasteiger partial charge in [0.15, 0.2) is 17.5 Å². The van der Waals surface area contributed by atoms with Crippen LogP contribution in [0.5, 0.6) is 0 Å². The summed E-state index contributed by atoms with van der Waals surface area (Å²) in [5.41, 5.74) is 9.32. The van der Waals surface area contributed by atoms with E-state index in [-0.39, 0.29) is 0 Å². The van der Waals surface area contributed by atoms with E-state index >= 15 is 0 Å². The zero-order chi connectivity index (χ0) is 30.7. The van der Waals surface area contributed by atoms with Crippen LogP contribution in [0.1, 0.15) is 5.56 Å². The summed E-state index contributed by atoms with van der Waals surface area (Å²) in [5.74, 6) is 1.91. The summed E-state index contributed by atoms with van der Waals surface area (Å²) in [6, 6.07) is 33.2. The van der Waals surface area contributed by atoms with Crippen molar-refractivity contribution in [2.45, 2.75) is 6.42 Å². The van der Waals surface area contributed by atoms with Crippen LogP contribution in [0.3, 0.4) is 0 Å². The first-order valence-corrected chi connectivity index (χ1v) is 14.8. The fraction of sp³-hybridized carbons (Fsp3) is 0.162. The Morgan fingerprint density at radius 3 is 1.98 bits per heavy atom. The van der Waals surface area contributed by atoms with Crippen LogP contribution in [-0.4, -0.2) is 49.7 Å². The van der Waals surface area contributed by atoms with Gasteiger partial charge in [-0.1, -0.05) is 78.9 Å². The summed E-state index contributed by atoms with van der Waals surface area (Å²) < 4.78 is 0. The Morgan fingerprint density at radius 2 is 1.30 bits per heavy atom. The van der Waals surface area contributed by atoms with Crippen molar-refractivity contribution < 1.29 is 0 Å². The van der Waals surface area contributed by atoms with E-state index in [0.29, 0.717) is 17.5 Å². The number of benzene rings is 4. The van der Waals surface area contributed by atoms with Gasteiger partial charge in [-0.05, 0) is 61.0 Å². The van der Waals surface area contributed by atoms with Gasteiger partial charge in [-0.25, -0.2) is 15.0 Å². The van der Waals surface area contributed by atoms with Crippen molar-refractivity contribution in [1.82, 2.24) is 25.6 Å². The van der Waals surface area contributed by atoms with Crippen LogP contribution in [0, 0.1) is 0 Å². The van der Waals surface area contributed by atoms with Crippen molar-refractivity contribution in [3.8, 4) is 45.3 Å². The molecule has 0 aliphatic rings. The number of anilines is 2. The SMILES string of the molecule is CNC/C=C\C(=C/Cc1cccc(-c2nc(-c3ccccc3)nc(-c3cccc(-c4cc(NC)ccc4NC)c3)n2)c1)NC. The molecule has 0 radical (unpaired) electrons. The number of rotatable bonds is 12. The maximum atomic E-state index is 5.02. The van der Waals surface area contributed by atoms with E-state index in [4.69, 9.17) is 15.0 Å². The second-order valence-corrected chi connectivity index (χ2v) is 10.3. The largest absolute Gasteiger partial charge is 0.388 e. The fourth-order valence-electron chi connectivity index (χ4n) is 4.96. The Kier molecular flexibility index (Phi) is 10.1. The lowest BCUT2D eigenvalue weighted by molar-refractivity contribution is 0.914. The molecular weight excluding hydrogens is 542 g/mol. The predicted octanol–water partition coefficient (Wildman–Crippen LogP) is 7.04. The average Bonchev–Trinajstić information content (AvgIpc) is 3.09. The summed E-state index contributed by atoms with van der Waals surface area (Å²) in [4.78, 5) is 14.9. The fourth-order valence-corrected chi connectivity index (χ4v) is 4.96. The lowest BCUT2D eigenvalue weighted by atomic mass is 10.00. The number of aromatic nitrogens is 3. The molecule has 5 aromatic rings. The van der Waals surface area contributed by atoms with E-state index in [9.17, 15) is 0 Å². The topological polar surface area (TPSA) is 86.8 Å². The average molecular weight is 582 g/mol. The standard InChI is InChI=1S/C37H39N7/c1-38-22-10-17-31(39-2)19-18-26-11-8-15-29(23-26)36-42-35(27-12-6-5-7-13-27)43-37(44-36)30-16-9-14-28(24-30)33-25-32(40-3)20-21-34(33)41-4/h5-17,19-21,23-25,38-41H,18,22H2,1-4H3/b17-10-,31-19+. The zero-order valence-corrected chi connectivity index (χ0v) is 25.7. The lowest BCUT2D eigenvalue weighted by Gasteiger charge is -2.13. The smallest absolute Gasteiger partial charge is 0.164 e. The summed E-state index contributed by atoms with van der Waals surface area (Å²) in [6.07, 6.45) is 7.15. The molecule has 0 bridgehead atoms. The summed E-state index contributed by atoms with van der Waals surface area (Å²) in [6.45, 7) is 0.821. The summed E-state index contributed by atoms with van der Waals surface area (Å²) in [5, 5.41) is 13.0. The number of hydrogen-bond donors (Lipinski definition) is 4. The molecular formula is C37H39N7. The molecule has 0 aliphatic carbocycles. The van der Waals surface area contributed by atoms with Crippen molar-refractivity contribution in [1.29, 1.82) is 0 Å². The maximum Gasteiger partial charge on any atom is 0.164 e. The van der Waals surface area contributed by atoms with Gasteiger partial charge in [0.05, 0.1) is 0 Å². The van der Waals surface area contributed by atoms with E-state index in [1.54, 1.807) is 0 Å². The van der Waals surface area contributed by atoms with E-state index in [2.05, 4.69) is 106 Å². The summed E-state index contributed by atoms with van der Waals surface area (Å²) in [7, 11) is 7.75. The van der Waals surface area contributed by atoms with Crippen LogP contribution in [0.15, 0.2) is 121 Å². The first-order valence-electron chi connectivity index (χ1n) is 14.8. The van der Waals surface area contributed by atoms with Crippen molar-refractivity contribution in [3.63, 3.8) is 0 Å². The molecule has 4 N–H and O–H groups in total. The molecule has 4 aromatic carbocycles. The van der Waals surface area contributed by atoms with Gasteiger partial charge < -0.3 is 21.3 Å². The number of nitrogens with zero attached hydrogens (tertiary/aromatic N) is 3. The Bertz CT molecular complexity index is 1760. The van der Waals surface area contributed by atoms with Gasteiger partial charge in [0.25, 0.3) is 0 Å². The molecule has 0 aliphatic heterocycles. The number of hydrogen-bond acceptors (Lipinski definition) is 7. The third-order valence-electron chi connectivity index (χ3n) is 7.33. The van der Waals surface area contributed by atoms with Gasteiger partial charge in [-0.3, -0.25) is 0 Å². The molecule has 1 aromatic heterocycles. The first-order chi connectivity index (χ1) is 21.6. The van der Waals surface area contributed by atoms with Gasteiger partial charge in [-0.15, -0.1) is 0 Å². The Morgan fingerprint density at radius 1 is 0.636 bits per heavy atom. The Balaban J connectivity index is 1.56. The van der Waals surface area contributed by atoms with Gasteiger partial charge >= 0.3 is 0 Å². The van der Waals surface area contributed by atoms with Gasteiger partial charge in [-0.2, -0.15) is 0 Å². The number of allylic oxidation sites excluding steroid dienone is 2. The second-order valence-electron chi connectivity index (χ2n) is 10.3. The highest BCUT2D eigenvalue weighted by Crippen LogP contribution is 2.33. The molecule has 44 heavy (non-hydrogen) atoms. The highest BCUT2D eigenvalue weighted by atomic mass is 15.0. The predicted molar refractivity (Wildman–Crippen MR) is 185 cm³/mol. The minimum Gasteiger partial charge on any atom is -0.388 e. The van der Waals surface area contributed by atoms with Gasteiger partial charge in [0, 0.05) is 67.0 Å². The van der Waals surface area contributed by atoms with Crippen molar-refractivity contribution >= 4 is 11.4 Å². The molecule has 0 atom stereocenters. The second kappa shape index (κ2) is 14.8. The van der Waals surface area contributed by atoms with Crippen LogP contribution >= 0.6 is 0 Å². The molecule has 7 nitrogen and oxygen atoms in total. The minimum absolute atomic E-state index is 0.629. The minimum atomic E-state index is 0.629. The Hall–Kier alpha value is -5.27. The number of nitrogens with one attached hydrogen (secondary N) is 4. The molecule has 0 saturated carbocycles. The third kappa shape index (κ3) is 7.38. The zero-order valence-electron chi connectivity index (χ0n) is 25.7. The van der Waals surface area contributed by atoms with Crippen molar-refractivity contribution in [3.05, 3.63) is 127 Å². The highest BCUT2D eigenvalue weighted by Gasteiger charge is 2.14. The molecule has 0 saturated heterocycles. The van der Waals surface area contributed by atoms with Gasteiger partial charge in [0.1, 0.15) is 0 Å². The van der Waals surface area contributed by atoms with Crippen molar-refractivity contribution in [2.24, 2.45) is 0 Å². The van der Waals surface area contributed by atoms with Crippen LogP contribution < -0.4 is 21.3 Å². The lowest BCUT2D eigenvalue weighted by Crippen LogP contribution is -2.07. The first kappa shape index (κ1) is 30.2. The third-order valence-corrected chi connectivity index (χ3v) is 7.33. The quantitative estimate of drug-likeness (QED) is 0.118. The molecule has 0 amide bonds. The highest BCUT2D eigenvalue weighted by molar-refractivity contribution is 5.83.